The van der Waals surface area contributed by atoms with Crippen LogP contribution >= 0.6 is 24.8 Å². The van der Waals surface area contributed by atoms with Crippen LogP contribution in [0.15, 0.2) is 0 Å². The monoisotopic (exact) mass is 325 g/mol. The molecule has 0 spiro atoms. The largest absolute Gasteiger partial charge is 0.352 e. The summed E-state index contributed by atoms with van der Waals surface area (Å²) in [6, 6.07) is 0.275. The van der Waals surface area contributed by atoms with Gasteiger partial charge in [-0.1, -0.05) is 6.42 Å². The van der Waals surface area contributed by atoms with Gasteiger partial charge >= 0.3 is 0 Å². The topological polar surface area (TPSA) is 44.4 Å². The summed E-state index contributed by atoms with van der Waals surface area (Å²) in [5.74, 6) is 0.425. The van der Waals surface area contributed by atoms with Crippen LogP contribution < -0.4 is 10.6 Å². The number of piperidine rings is 2. The Morgan fingerprint density at radius 3 is 2.55 bits per heavy atom. The number of hydrogen-bond acceptors (Lipinski definition) is 3. The Morgan fingerprint density at radius 2 is 1.95 bits per heavy atom. The minimum absolute atomic E-state index is 0. The highest BCUT2D eigenvalue weighted by atomic mass is 35.5. The summed E-state index contributed by atoms with van der Waals surface area (Å²) >= 11 is 0. The second-order valence-electron chi connectivity index (χ2n) is 5.81. The minimum Gasteiger partial charge on any atom is -0.352 e. The van der Waals surface area contributed by atoms with Gasteiger partial charge in [0.25, 0.3) is 0 Å². The summed E-state index contributed by atoms with van der Waals surface area (Å²) in [5.41, 5.74) is 0. The fourth-order valence-corrected chi connectivity index (χ4v) is 3.01. The molecule has 0 bridgehead atoms. The predicted octanol–water partition coefficient (Wildman–Crippen LogP) is 1.82. The van der Waals surface area contributed by atoms with Crippen molar-refractivity contribution >= 4 is 30.7 Å². The zero-order valence-corrected chi connectivity index (χ0v) is 14.0. The lowest BCUT2D eigenvalue weighted by atomic mass is 9.98. The highest BCUT2D eigenvalue weighted by Gasteiger charge is 2.22. The van der Waals surface area contributed by atoms with E-state index in [4.69, 9.17) is 0 Å². The van der Waals surface area contributed by atoms with Crippen LogP contribution in [0.25, 0.3) is 0 Å². The van der Waals surface area contributed by atoms with Crippen molar-refractivity contribution in [2.45, 2.75) is 45.1 Å². The maximum absolute atomic E-state index is 12.1. The Kier molecular flexibility index (Phi) is 10.6. The van der Waals surface area contributed by atoms with Crippen LogP contribution in [0.3, 0.4) is 0 Å². The SMILES string of the molecule is CC(CN1CCCCC1)NC(=O)C1CCCNC1.Cl.Cl. The molecule has 2 unspecified atom stereocenters. The van der Waals surface area contributed by atoms with E-state index in [0.29, 0.717) is 0 Å². The van der Waals surface area contributed by atoms with E-state index < -0.39 is 0 Å². The minimum atomic E-state index is 0. The molecule has 1 amide bonds. The van der Waals surface area contributed by atoms with Crippen LogP contribution in [-0.4, -0.2) is 49.6 Å². The number of carbonyl (C=O) groups excluding carboxylic acids is 1. The van der Waals surface area contributed by atoms with Crippen LogP contribution in [0, 0.1) is 5.92 Å². The average molecular weight is 326 g/mol. The second-order valence-corrected chi connectivity index (χ2v) is 5.81. The van der Waals surface area contributed by atoms with Gasteiger partial charge in [-0.3, -0.25) is 4.79 Å². The first-order valence-corrected chi connectivity index (χ1v) is 7.49. The van der Waals surface area contributed by atoms with E-state index in [9.17, 15) is 4.79 Å². The fraction of sp³-hybridized carbons (Fsp3) is 0.929. The first-order valence-electron chi connectivity index (χ1n) is 7.49. The van der Waals surface area contributed by atoms with Gasteiger partial charge in [-0.2, -0.15) is 0 Å². The lowest BCUT2D eigenvalue weighted by Gasteiger charge is -2.30. The summed E-state index contributed by atoms with van der Waals surface area (Å²) < 4.78 is 0. The summed E-state index contributed by atoms with van der Waals surface area (Å²) in [6.45, 7) is 7.44. The maximum Gasteiger partial charge on any atom is 0.224 e. The maximum atomic E-state index is 12.1. The third-order valence-electron chi connectivity index (χ3n) is 4.04. The van der Waals surface area contributed by atoms with Crippen molar-refractivity contribution in [1.29, 1.82) is 0 Å². The van der Waals surface area contributed by atoms with Crippen LogP contribution in [0.4, 0.5) is 0 Å². The number of hydrogen-bond donors (Lipinski definition) is 2. The molecular formula is C14H29Cl2N3O. The van der Waals surface area contributed by atoms with E-state index in [1.165, 1.54) is 32.4 Å². The van der Waals surface area contributed by atoms with Crippen molar-refractivity contribution in [3.05, 3.63) is 0 Å². The van der Waals surface area contributed by atoms with E-state index in [2.05, 4.69) is 22.5 Å². The van der Waals surface area contributed by atoms with E-state index in [-0.39, 0.29) is 42.7 Å². The summed E-state index contributed by atoms with van der Waals surface area (Å²) in [6.07, 6.45) is 6.15. The summed E-state index contributed by atoms with van der Waals surface area (Å²) in [5, 5.41) is 6.48. The van der Waals surface area contributed by atoms with E-state index >= 15 is 0 Å². The number of halogens is 2. The number of nitrogens with zero attached hydrogens (tertiary/aromatic N) is 1. The smallest absolute Gasteiger partial charge is 0.224 e. The highest BCUT2D eigenvalue weighted by Crippen LogP contribution is 2.11. The second kappa shape index (κ2) is 10.7. The molecule has 0 aromatic heterocycles. The van der Waals surface area contributed by atoms with Gasteiger partial charge in [-0.15, -0.1) is 24.8 Å². The van der Waals surface area contributed by atoms with Crippen molar-refractivity contribution in [3.63, 3.8) is 0 Å². The molecule has 2 atom stereocenters. The van der Waals surface area contributed by atoms with Crippen LogP contribution in [0.2, 0.25) is 0 Å². The van der Waals surface area contributed by atoms with Crippen molar-refractivity contribution in [1.82, 2.24) is 15.5 Å². The molecule has 2 saturated heterocycles. The van der Waals surface area contributed by atoms with E-state index in [0.717, 1.165) is 32.5 Å². The van der Waals surface area contributed by atoms with Gasteiger partial charge in [0.15, 0.2) is 0 Å². The van der Waals surface area contributed by atoms with Crippen LogP contribution in [0.5, 0.6) is 0 Å². The lowest BCUT2D eigenvalue weighted by molar-refractivity contribution is -0.126. The molecule has 0 aliphatic carbocycles. The first-order chi connectivity index (χ1) is 8.75. The Morgan fingerprint density at radius 1 is 1.25 bits per heavy atom. The number of nitrogens with one attached hydrogen (secondary N) is 2. The van der Waals surface area contributed by atoms with Crippen molar-refractivity contribution in [3.8, 4) is 0 Å². The van der Waals surface area contributed by atoms with Gasteiger partial charge in [0.2, 0.25) is 5.91 Å². The molecule has 4 nitrogen and oxygen atoms in total. The number of carbonyl (C=O) groups is 1. The van der Waals surface area contributed by atoms with Gasteiger partial charge in [0.1, 0.15) is 0 Å². The molecule has 0 radical (unpaired) electrons. The molecule has 2 aliphatic rings. The van der Waals surface area contributed by atoms with Crippen molar-refractivity contribution in [2.75, 3.05) is 32.7 Å². The van der Waals surface area contributed by atoms with Gasteiger partial charge < -0.3 is 15.5 Å². The molecule has 2 N–H and O–H groups in total. The molecule has 0 aromatic carbocycles. The Labute approximate surface area is 135 Å². The number of likely N-dealkylation sites (tertiary alicyclic amines) is 1. The zero-order valence-electron chi connectivity index (χ0n) is 12.4. The van der Waals surface area contributed by atoms with Crippen molar-refractivity contribution in [2.24, 2.45) is 5.92 Å². The average Bonchev–Trinajstić information content (AvgIpc) is 2.40. The molecular weight excluding hydrogens is 297 g/mol. The standard InChI is InChI=1S/C14H27N3O.2ClH/c1-12(11-17-8-3-2-4-9-17)16-14(18)13-6-5-7-15-10-13;;/h12-13,15H,2-11H2,1H3,(H,16,18);2*1H. The van der Waals surface area contributed by atoms with Crippen molar-refractivity contribution < 1.29 is 4.79 Å². The van der Waals surface area contributed by atoms with Gasteiger partial charge in [0.05, 0.1) is 5.92 Å². The highest BCUT2D eigenvalue weighted by molar-refractivity contribution is 5.85. The molecule has 2 rings (SSSR count). The normalized spacial score (nSPS) is 24.9. The fourth-order valence-electron chi connectivity index (χ4n) is 3.01. The van der Waals surface area contributed by atoms with E-state index in [1.54, 1.807) is 0 Å². The number of rotatable bonds is 4. The molecule has 20 heavy (non-hydrogen) atoms. The van der Waals surface area contributed by atoms with Gasteiger partial charge in [-0.05, 0) is 52.2 Å². The first kappa shape index (κ1) is 20.0. The molecule has 2 aliphatic heterocycles. The third-order valence-corrected chi connectivity index (χ3v) is 4.04. The van der Waals surface area contributed by atoms with Crippen LogP contribution in [0.1, 0.15) is 39.0 Å². The van der Waals surface area contributed by atoms with Crippen LogP contribution in [-0.2, 0) is 4.79 Å². The van der Waals surface area contributed by atoms with E-state index in [1.807, 2.05) is 0 Å². The summed E-state index contributed by atoms with van der Waals surface area (Å²) in [4.78, 5) is 14.6. The Hall–Kier alpha value is -0.0300. The predicted molar refractivity (Wildman–Crippen MR) is 88.0 cm³/mol. The molecule has 2 fully saturated rings. The quantitative estimate of drug-likeness (QED) is 0.828. The van der Waals surface area contributed by atoms with Gasteiger partial charge in [-0.25, -0.2) is 0 Å². The Balaban J connectivity index is 0.00000180. The molecule has 0 aromatic rings. The zero-order chi connectivity index (χ0) is 12.8. The molecule has 2 heterocycles. The summed E-state index contributed by atoms with van der Waals surface area (Å²) in [7, 11) is 0. The van der Waals surface area contributed by atoms with Gasteiger partial charge in [0, 0.05) is 19.1 Å². The molecule has 0 saturated carbocycles. The molecule has 6 heteroatoms. The Bertz CT molecular complexity index is 267. The molecule has 120 valence electrons. The third kappa shape index (κ3) is 6.61. The number of amides is 1. The lowest BCUT2D eigenvalue weighted by Crippen LogP contribution is -2.48.